The number of allylic oxidation sites excluding steroid dienone is 4. The molecule has 5 aliphatic carbocycles. The van der Waals surface area contributed by atoms with Crippen molar-refractivity contribution in [2.24, 2.45) is 34.5 Å². The van der Waals surface area contributed by atoms with Gasteiger partial charge in [-0.15, -0.1) is 0 Å². The summed E-state index contributed by atoms with van der Waals surface area (Å²) in [4.78, 5) is 111. The van der Waals surface area contributed by atoms with Crippen LogP contribution in [0.25, 0.3) is 11.1 Å². The molecule has 5 N–H and O–H groups in total. The number of hydrogen-bond acceptors (Lipinski definition) is 13. The quantitative estimate of drug-likeness (QED) is 0.0687. The monoisotopic (exact) mass is 1050 g/mol. The molecule has 1 heterocycles. The van der Waals surface area contributed by atoms with Gasteiger partial charge in [-0.1, -0.05) is 101 Å². The number of halogens is 1. The summed E-state index contributed by atoms with van der Waals surface area (Å²) in [5, 5.41) is 31.6. The highest BCUT2D eigenvalue weighted by atomic mass is 19.1. The third-order valence-electron chi connectivity index (χ3n) is 17.9. The number of nitrogens with zero attached hydrogens (tertiary/aromatic N) is 1. The lowest BCUT2D eigenvalue weighted by Crippen LogP contribution is -2.70. The molecule has 0 bridgehead atoms. The Hall–Kier alpha value is -6.27. The van der Waals surface area contributed by atoms with Gasteiger partial charge < -0.3 is 45.3 Å². The van der Waals surface area contributed by atoms with Crippen molar-refractivity contribution in [3.8, 4) is 11.1 Å². The van der Waals surface area contributed by atoms with E-state index < -0.39 is 124 Å². The number of carbonyl (C=O) groups excluding carboxylic acids is 8. The number of amides is 4. The lowest BCUT2D eigenvalue weighted by molar-refractivity contribution is -0.236. The molecule has 18 heteroatoms. The van der Waals surface area contributed by atoms with Gasteiger partial charge >= 0.3 is 18.0 Å². The van der Waals surface area contributed by atoms with Crippen LogP contribution < -0.4 is 16.0 Å². The first kappa shape index (κ1) is 55.9. The Labute approximate surface area is 443 Å². The average molecular weight is 1050 g/mol. The minimum absolute atomic E-state index is 0.0325. The number of likely N-dealkylation sites (tertiary alicyclic amines) is 1. The lowest BCUT2D eigenvalue weighted by Gasteiger charge is -2.62. The van der Waals surface area contributed by atoms with E-state index in [-0.39, 0.29) is 57.0 Å². The van der Waals surface area contributed by atoms with Gasteiger partial charge in [-0.25, -0.2) is 14.0 Å². The second-order valence-electron chi connectivity index (χ2n) is 22.7. The number of carbonyl (C=O) groups is 8. The number of aliphatic hydroxyl groups is 2. The van der Waals surface area contributed by atoms with E-state index in [9.17, 15) is 43.8 Å². The number of ether oxygens (including phenoxy) is 3. The van der Waals surface area contributed by atoms with E-state index in [1.165, 1.54) is 37.0 Å². The maximum Gasteiger partial charge on any atom is 0.407 e. The Kier molecular flexibility index (Phi) is 15.9. The zero-order valence-corrected chi connectivity index (χ0v) is 44.7. The first-order chi connectivity index (χ1) is 35.9. The molecular weight excluding hydrogens is 980 g/mol. The van der Waals surface area contributed by atoms with E-state index in [2.05, 4.69) is 16.0 Å². The Bertz CT molecular complexity index is 2680. The predicted molar refractivity (Wildman–Crippen MR) is 275 cm³/mol. The SMILES string of the molecule is CCCCC(=O)O[C@]1(C(=O)C(O)OC(=O)[C@@H](NC(=O)[C@@H]2CCCN2C(=O)[C@H](C)NC(=O)[C@H](C)NC(=O)OCC2c3ccccc3-c3ccccc32)C(C)C)[C@@H](C)CC2C3CCC4=CC(=O)C=C[C@]4(C)[C@@]3(F)[C@@H](O)C[C@@]21C. The number of alkyl carbamates (subject to hydrolysis) is 1. The molecule has 6 aliphatic rings. The van der Waals surface area contributed by atoms with E-state index in [4.69, 9.17) is 14.2 Å². The van der Waals surface area contributed by atoms with Crippen molar-refractivity contribution >= 4 is 47.3 Å². The Morgan fingerprint density at radius 2 is 1.55 bits per heavy atom. The topological polar surface area (TPSA) is 244 Å². The van der Waals surface area contributed by atoms with E-state index in [0.29, 0.717) is 31.3 Å². The third-order valence-corrected chi connectivity index (χ3v) is 17.9. The zero-order valence-electron chi connectivity index (χ0n) is 44.7. The number of esters is 2. The molecule has 0 spiro atoms. The van der Waals surface area contributed by atoms with Crippen molar-refractivity contribution in [2.75, 3.05) is 13.2 Å². The smallest absolute Gasteiger partial charge is 0.407 e. The summed E-state index contributed by atoms with van der Waals surface area (Å²) in [7, 11) is 0. The van der Waals surface area contributed by atoms with Gasteiger partial charge in [0.25, 0.3) is 6.29 Å². The van der Waals surface area contributed by atoms with Gasteiger partial charge in [-0.2, -0.15) is 0 Å². The first-order valence-electron chi connectivity index (χ1n) is 26.9. The number of aliphatic hydroxyl groups excluding tert-OH is 2. The summed E-state index contributed by atoms with van der Waals surface area (Å²) in [6.07, 6.45) is 1.13. The molecule has 3 unspecified atom stereocenters. The second-order valence-corrected chi connectivity index (χ2v) is 22.7. The van der Waals surface area contributed by atoms with Gasteiger partial charge in [0.15, 0.2) is 17.1 Å². The highest BCUT2D eigenvalue weighted by Crippen LogP contribution is 2.71. The van der Waals surface area contributed by atoms with Crippen LogP contribution in [-0.2, 0) is 47.8 Å². The highest BCUT2D eigenvalue weighted by Gasteiger charge is 2.78. The van der Waals surface area contributed by atoms with Crippen LogP contribution in [0.5, 0.6) is 0 Å². The Balaban J connectivity index is 0.905. The summed E-state index contributed by atoms with van der Waals surface area (Å²) in [5.41, 5.74) is -2.53. The average Bonchev–Trinajstić information content (AvgIpc) is 4.24. The lowest BCUT2D eigenvalue weighted by atomic mass is 9.44. The highest BCUT2D eigenvalue weighted by molar-refractivity contribution is 6.01. The number of unbranched alkanes of at least 4 members (excludes halogenated alkanes) is 1. The molecule has 8 rings (SSSR count). The van der Waals surface area contributed by atoms with E-state index in [1.807, 2.05) is 55.5 Å². The molecule has 4 amide bonds. The number of hydrogen-bond donors (Lipinski definition) is 5. The number of Topliss-reactive ketones (excluding diaryl/α,β-unsaturated/α-hetero) is 1. The normalized spacial score (nSPS) is 30.7. The maximum absolute atomic E-state index is 18.1. The van der Waals surface area contributed by atoms with Crippen molar-refractivity contribution in [1.29, 1.82) is 0 Å². The number of rotatable bonds is 17. The minimum atomic E-state index is -2.53. The predicted octanol–water partition coefficient (Wildman–Crippen LogP) is 6.07. The second kappa shape index (κ2) is 21.6. The molecule has 2 aromatic rings. The molecule has 2 aromatic carbocycles. The summed E-state index contributed by atoms with van der Waals surface area (Å²) in [5.74, 6) is -8.63. The molecule has 3 saturated carbocycles. The Morgan fingerprint density at radius 1 is 0.895 bits per heavy atom. The van der Waals surface area contributed by atoms with Crippen LogP contribution in [0.4, 0.5) is 9.18 Å². The molecule has 410 valence electrons. The van der Waals surface area contributed by atoms with Crippen LogP contribution in [0.2, 0.25) is 0 Å². The zero-order chi connectivity index (χ0) is 55.2. The van der Waals surface area contributed by atoms with E-state index >= 15 is 9.18 Å². The van der Waals surface area contributed by atoms with Crippen molar-refractivity contribution < 1.29 is 67.2 Å². The van der Waals surface area contributed by atoms with Crippen molar-refractivity contribution in [3.05, 3.63) is 83.5 Å². The van der Waals surface area contributed by atoms with Gasteiger partial charge in [0.1, 0.15) is 30.8 Å². The van der Waals surface area contributed by atoms with Crippen LogP contribution in [0, 0.1) is 34.5 Å². The van der Waals surface area contributed by atoms with Gasteiger partial charge in [0.05, 0.1) is 6.10 Å². The van der Waals surface area contributed by atoms with E-state index in [0.717, 1.165) is 22.3 Å². The van der Waals surface area contributed by atoms with Crippen molar-refractivity contribution in [2.45, 2.75) is 167 Å². The largest absolute Gasteiger partial charge is 0.450 e. The number of nitrogens with one attached hydrogen (secondary N) is 3. The number of ketones is 2. The van der Waals surface area contributed by atoms with Crippen molar-refractivity contribution in [1.82, 2.24) is 20.9 Å². The van der Waals surface area contributed by atoms with E-state index in [1.54, 1.807) is 34.6 Å². The third kappa shape index (κ3) is 9.55. The molecule has 13 atom stereocenters. The minimum Gasteiger partial charge on any atom is -0.450 e. The fraction of sp³-hybridized carbons (Fsp3) is 0.586. The molecule has 1 aliphatic heterocycles. The summed E-state index contributed by atoms with van der Waals surface area (Å²) in [6, 6.07) is 11.0. The van der Waals surface area contributed by atoms with Crippen LogP contribution >= 0.6 is 0 Å². The summed E-state index contributed by atoms with van der Waals surface area (Å²) >= 11 is 0. The maximum atomic E-state index is 18.1. The molecule has 17 nitrogen and oxygen atoms in total. The van der Waals surface area contributed by atoms with Gasteiger partial charge in [0, 0.05) is 41.5 Å². The first-order valence-corrected chi connectivity index (χ1v) is 26.9. The summed E-state index contributed by atoms with van der Waals surface area (Å²) < 4.78 is 35.4. The number of benzene rings is 2. The number of fused-ring (bicyclic) bond motifs is 8. The molecule has 0 aromatic heterocycles. The standard InChI is InChI=1S/C58H73FN4O13/c1-9-10-21-46(66)76-58(32(4)27-43-42-23-22-35-28-36(64)24-25-55(35,7)57(42,59)45(65)29-56(43,58)8)48(67)53(72)75-52(71)47(31(2)3)62-50(69)44-20-15-26-63(44)51(70)34(6)60-49(68)33(5)61-54(73)74-30-41-39-18-13-11-16-37(39)38-17-12-14-19-40(38)41/h11-14,16-19,24-25,28,31-34,41-45,47,53,65,72H,9-10,15,20-23,26-27,29-30H2,1-8H3,(H,60,68)(H,61,73)(H,62,69)/t32-,33-,34-,42?,43?,44-,45-,47-,53?,55-,56-,57-,58-/m0/s1. The molecule has 0 radical (unpaired) electrons. The van der Waals surface area contributed by atoms with Crippen LogP contribution in [0.3, 0.4) is 0 Å². The molecule has 4 fully saturated rings. The van der Waals surface area contributed by atoms with Gasteiger partial charge in [-0.3, -0.25) is 28.8 Å². The summed E-state index contributed by atoms with van der Waals surface area (Å²) in [6.45, 7) is 13.1. The molecular formula is C58H73FN4O13. The molecule has 1 saturated heterocycles. The van der Waals surface area contributed by atoms with Crippen LogP contribution in [-0.4, -0.2) is 123 Å². The number of alkyl halides is 1. The van der Waals surface area contributed by atoms with Crippen LogP contribution in [0.15, 0.2) is 72.3 Å². The fourth-order valence-corrected chi connectivity index (χ4v) is 13.9. The van der Waals surface area contributed by atoms with Crippen LogP contribution in [0.1, 0.15) is 130 Å². The van der Waals surface area contributed by atoms with Gasteiger partial charge in [-0.05, 0) is 112 Å². The van der Waals surface area contributed by atoms with Gasteiger partial charge in [0.2, 0.25) is 23.5 Å². The molecule has 76 heavy (non-hydrogen) atoms. The Morgan fingerprint density at radius 3 is 2.20 bits per heavy atom. The fourth-order valence-electron chi connectivity index (χ4n) is 13.9. The van der Waals surface area contributed by atoms with Crippen molar-refractivity contribution in [3.63, 3.8) is 0 Å².